The van der Waals surface area contributed by atoms with Gasteiger partial charge in [0.1, 0.15) is 0 Å². The van der Waals surface area contributed by atoms with Crippen molar-refractivity contribution in [3.05, 3.63) is 82.9 Å². The first kappa shape index (κ1) is 16.2. The molecule has 0 aromatic heterocycles. The SMILES string of the molecule is COC(=O)C(=C/c1ccccc1)/C(=C\c1ccccc1)C(N)=O. The molecule has 116 valence electrons. The van der Waals surface area contributed by atoms with Crippen LogP contribution in [0.4, 0.5) is 0 Å². The van der Waals surface area contributed by atoms with E-state index in [4.69, 9.17) is 10.5 Å². The zero-order chi connectivity index (χ0) is 16.7. The fourth-order valence-electron chi connectivity index (χ4n) is 2.07. The first-order valence-corrected chi connectivity index (χ1v) is 7.04. The minimum atomic E-state index is -0.693. The number of primary amides is 1. The Morgan fingerprint density at radius 1 is 0.826 bits per heavy atom. The number of amides is 1. The van der Waals surface area contributed by atoms with Crippen LogP contribution >= 0.6 is 0 Å². The first-order valence-electron chi connectivity index (χ1n) is 7.04. The number of carbonyl (C=O) groups excluding carboxylic acids is 2. The third-order valence-electron chi connectivity index (χ3n) is 3.18. The molecule has 0 aliphatic carbocycles. The predicted octanol–water partition coefficient (Wildman–Crippen LogP) is 2.81. The first-order chi connectivity index (χ1) is 11.1. The van der Waals surface area contributed by atoms with Gasteiger partial charge in [-0.1, -0.05) is 60.7 Å². The summed E-state index contributed by atoms with van der Waals surface area (Å²) in [4.78, 5) is 24.0. The van der Waals surface area contributed by atoms with Gasteiger partial charge in [0.05, 0.1) is 18.3 Å². The minimum absolute atomic E-state index is 0.104. The lowest BCUT2D eigenvalue weighted by atomic mass is 9.99. The van der Waals surface area contributed by atoms with Crippen molar-refractivity contribution in [3.8, 4) is 0 Å². The molecule has 23 heavy (non-hydrogen) atoms. The van der Waals surface area contributed by atoms with Crippen molar-refractivity contribution in [2.24, 2.45) is 5.73 Å². The van der Waals surface area contributed by atoms with Crippen LogP contribution in [0.5, 0.6) is 0 Å². The van der Waals surface area contributed by atoms with Gasteiger partial charge in [-0.25, -0.2) is 4.79 Å². The topological polar surface area (TPSA) is 69.4 Å². The summed E-state index contributed by atoms with van der Waals surface area (Å²) in [5.41, 5.74) is 7.24. The predicted molar refractivity (Wildman–Crippen MR) is 90.0 cm³/mol. The molecule has 1 amide bonds. The molecule has 0 unspecified atom stereocenters. The van der Waals surface area contributed by atoms with Gasteiger partial charge in [-0.2, -0.15) is 0 Å². The van der Waals surface area contributed by atoms with Gasteiger partial charge in [-0.3, -0.25) is 4.79 Å². The molecule has 0 fully saturated rings. The van der Waals surface area contributed by atoms with E-state index < -0.39 is 11.9 Å². The number of methoxy groups -OCH3 is 1. The van der Waals surface area contributed by atoms with E-state index in [0.717, 1.165) is 11.1 Å². The van der Waals surface area contributed by atoms with Gasteiger partial charge in [-0.05, 0) is 23.3 Å². The van der Waals surface area contributed by atoms with Gasteiger partial charge in [-0.15, -0.1) is 0 Å². The van der Waals surface area contributed by atoms with Crippen LogP contribution in [0.25, 0.3) is 12.2 Å². The average Bonchev–Trinajstić information content (AvgIpc) is 2.59. The number of hydrogen-bond acceptors (Lipinski definition) is 3. The molecule has 2 rings (SSSR count). The van der Waals surface area contributed by atoms with Crippen LogP contribution in [-0.4, -0.2) is 19.0 Å². The van der Waals surface area contributed by atoms with Crippen molar-refractivity contribution in [3.63, 3.8) is 0 Å². The van der Waals surface area contributed by atoms with Gasteiger partial charge in [0.15, 0.2) is 0 Å². The summed E-state index contributed by atoms with van der Waals surface area (Å²) in [6, 6.07) is 18.4. The summed E-state index contributed by atoms with van der Waals surface area (Å²) in [6.07, 6.45) is 3.17. The zero-order valence-electron chi connectivity index (χ0n) is 12.7. The fraction of sp³-hybridized carbons (Fsp3) is 0.0526. The Hall–Kier alpha value is -3.14. The molecule has 0 spiro atoms. The fourth-order valence-corrected chi connectivity index (χ4v) is 2.07. The van der Waals surface area contributed by atoms with Gasteiger partial charge in [0.2, 0.25) is 5.91 Å². The van der Waals surface area contributed by atoms with E-state index in [0.29, 0.717) is 0 Å². The zero-order valence-corrected chi connectivity index (χ0v) is 12.7. The number of carbonyl (C=O) groups is 2. The molecule has 0 heterocycles. The van der Waals surface area contributed by atoms with E-state index in [1.165, 1.54) is 7.11 Å². The molecule has 0 saturated heterocycles. The van der Waals surface area contributed by atoms with E-state index in [9.17, 15) is 9.59 Å². The molecule has 0 aliphatic rings. The molecule has 2 aromatic carbocycles. The van der Waals surface area contributed by atoms with Crippen LogP contribution in [0.1, 0.15) is 11.1 Å². The third-order valence-corrected chi connectivity index (χ3v) is 3.18. The Morgan fingerprint density at radius 2 is 1.26 bits per heavy atom. The van der Waals surface area contributed by atoms with E-state index in [-0.39, 0.29) is 11.1 Å². The van der Waals surface area contributed by atoms with E-state index >= 15 is 0 Å². The van der Waals surface area contributed by atoms with Crippen LogP contribution in [0.2, 0.25) is 0 Å². The Kier molecular flexibility index (Phi) is 5.47. The maximum atomic E-state index is 12.1. The highest BCUT2D eigenvalue weighted by Crippen LogP contribution is 2.19. The van der Waals surface area contributed by atoms with Crippen LogP contribution in [0, 0.1) is 0 Å². The van der Waals surface area contributed by atoms with Gasteiger partial charge in [0, 0.05) is 0 Å². The van der Waals surface area contributed by atoms with E-state index in [1.54, 1.807) is 12.2 Å². The lowest BCUT2D eigenvalue weighted by Crippen LogP contribution is -2.20. The summed E-state index contributed by atoms with van der Waals surface area (Å²) in [5.74, 6) is -1.31. The summed E-state index contributed by atoms with van der Waals surface area (Å²) in [7, 11) is 1.27. The van der Waals surface area contributed by atoms with Gasteiger partial charge < -0.3 is 10.5 Å². The maximum absolute atomic E-state index is 12.1. The van der Waals surface area contributed by atoms with Crippen LogP contribution in [0.15, 0.2) is 71.8 Å². The van der Waals surface area contributed by atoms with Crippen LogP contribution in [-0.2, 0) is 14.3 Å². The van der Waals surface area contributed by atoms with Crippen molar-refractivity contribution in [1.29, 1.82) is 0 Å². The normalized spacial score (nSPS) is 11.9. The second kappa shape index (κ2) is 7.75. The second-order valence-electron chi connectivity index (χ2n) is 4.79. The van der Waals surface area contributed by atoms with Crippen molar-refractivity contribution in [2.75, 3.05) is 7.11 Å². The van der Waals surface area contributed by atoms with Crippen molar-refractivity contribution in [2.45, 2.75) is 0 Å². The molecule has 0 aliphatic heterocycles. The largest absolute Gasteiger partial charge is 0.465 e. The van der Waals surface area contributed by atoms with Crippen molar-refractivity contribution >= 4 is 24.0 Å². The lowest BCUT2D eigenvalue weighted by Gasteiger charge is -2.08. The highest BCUT2D eigenvalue weighted by atomic mass is 16.5. The van der Waals surface area contributed by atoms with Gasteiger partial charge in [0.25, 0.3) is 0 Å². The molecule has 0 saturated carbocycles. The Morgan fingerprint density at radius 3 is 1.65 bits per heavy atom. The summed E-state index contributed by atoms with van der Waals surface area (Å²) < 4.78 is 4.80. The molecule has 2 N–H and O–H groups in total. The maximum Gasteiger partial charge on any atom is 0.338 e. The number of ether oxygens (including phenoxy) is 1. The summed E-state index contributed by atoms with van der Waals surface area (Å²) in [6.45, 7) is 0. The molecule has 0 radical (unpaired) electrons. The number of hydrogen-bond donors (Lipinski definition) is 1. The number of nitrogens with two attached hydrogens (primary N) is 1. The Labute approximate surface area is 134 Å². The number of benzene rings is 2. The number of rotatable bonds is 5. The quantitative estimate of drug-likeness (QED) is 0.524. The molecular weight excluding hydrogens is 290 g/mol. The smallest absolute Gasteiger partial charge is 0.338 e. The average molecular weight is 307 g/mol. The molecule has 4 heteroatoms. The van der Waals surface area contributed by atoms with E-state index in [2.05, 4.69) is 0 Å². The molecule has 0 bridgehead atoms. The van der Waals surface area contributed by atoms with Gasteiger partial charge >= 0.3 is 5.97 Å². The Bertz CT molecular complexity index is 747. The Balaban J connectivity index is 2.55. The second-order valence-corrected chi connectivity index (χ2v) is 4.79. The van der Waals surface area contributed by atoms with Crippen LogP contribution in [0.3, 0.4) is 0 Å². The standard InChI is InChI=1S/C19H17NO3/c1-23-19(22)17(13-15-10-6-3-7-11-15)16(18(20)21)12-14-8-4-2-5-9-14/h2-13H,1H3,(H2,20,21)/b16-12+,17-13+. The minimum Gasteiger partial charge on any atom is -0.465 e. The molecule has 4 nitrogen and oxygen atoms in total. The molecule has 0 atom stereocenters. The summed E-state index contributed by atoms with van der Waals surface area (Å²) in [5, 5.41) is 0. The molecular formula is C19H17NO3. The monoisotopic (exact) mass is 307 g/mol. The van der Waals surface area contributed by atoms with E-state index in [1.807, 2.05) is 60.7 Å². The van der Waals surface area contributed by atoms with Crippen molar-refractivity contribution in [1.82, 2.24) is 0 Å². The number of esters is 1. The molecule has 2 aromatic rings. The van der Waals surface area contributed by atoms with Crippen molar-refractivity contribution < 1.29 is 14.3 Å². The summed E-state index contributed by atoms with van der Waals surface area (Å²) >= 11 is 0. The highest BCUT2D eigenvalue weighted by molar-refractivity contribution is 6.13. The lowest BCUT2D eigenvalue weighted by molar-refractivity contribution is -0.136. The highest BCUT2D eigenvalue weighted by Gasteiger charge is 2.19. The van der Waals surface area contributed by atoms with Crippen LogP contribution < -0.4 is 5.73 Å². The third kappa shape index (κ3) is 4.41.